The third-order valence-electron chi connectivity index (χ3n) is 3.60. The summed E-state index contributed by atoms with van der Waals surface area (Å²) in [5.74, 6) is -2.21. The molecule has 0 heterocycles. The van der Waals surface area contributed by atoms with E-state index in [4.69, 9.17) is 5.11 Å². The number of urea groups is 1. The number of hydrogen-bond donors (Lipinski definition) is 2. The van der Waals surface area contributed by atoms with Gasteiger partial charge in [-0.05, 0) is 30.5 Å². The monoisotopic (exact) mass is 296 g/mol. The molecular formula is C15H21FN2O3. The predicted molar refractivity (Wildman–Crippen MR) is 79.1 cm³/mol. The van der Waals surface area contributed by atoms with Crippen LogP contribution in [-0.2, 0) is 0 Å². The van der Waals surface area contributed by atoms with Gasteiger partial charge < -0.3 is 15.3 Å². The van der Waals surface area contributed by atoms with Crippen molar-refractivity contribution < 1.29 is 19.1 Å². The number of aromatic carboxylic acids is 1. The number of carbonyl (C=O) groups is 2. The minimum Gasteiger partial charge on any atom is -0.478 e. The number of halogens is 1. The summed E-state index contributed by atoms with van der Waals surface area (Å²) in [6.07, 6.45) is 0. The highest BCUT2D eigenvalue weighted by Gasteiger charge is 2.27. The fourth-order valence-electron chi connectivity index (χ4n) is 1.74. The van der Waals surface area contributed by atoms with E-state index >= 15 is 0 Å². The van der Waals surface area contributed by atoms with Crippen molar-refractivity contribution in [3.05, 3.63) is 29.6 Å². The lowest BCUT2D eigenvalue weighted by atomic mass is 9.87. The Morgan fingerprint density at radius 1 is 1.33 bits per heavy atom. The second kappa shape index (κ2) is 6.11. The second-order valence-corrected chi connectivity index (χ2v) is 6.08. The zero-order valence-electron chi connectivity index (χ0n) is 12.9. The van der Waals surface area contributed by atoms with Gasteiger partial charge in [-0.3, -0.25) is 0 Å². The number of carboxylic acids is 1. The standard InChI is InChI=1S/C15H21FN2O3/c1-9(15(2,3)4)18(5)14(21)17-10-6-7-12(16)11(8-10)13(19)20/h6-9H,1-5H3,(H,17,21)(H,19,20). The Bertz CT molecular complexity index is 552. The Morgan fingerprint density at radius 2 is 1.90 bits per heavy atom. The Morgan fingerprint density at radius 3 is 2.38 bits per heavy atom. The van der Waals surface area contributed by atoms with Crippen molar-refractivity contribution in [1.82, 2.24) is 4.90 Å². The zero-order chi connectivity index (χ0) is 16.4. The first kappa shape index (κ1) is 16.9. The topological polar surface area (TPSA) is 69.6 Å². The van der Waals surface area contributed by atoms with Crippen LogP contribution in [0, 0.1) is 11.2 Å². The number of anilines is 1. The third kappa shape index (κ3) is 4.18. The van der Waals surface area contributed by atoms with Crippen molar-refractivity contribution in [2.45, 2.75) is 33.7 Å². The maximum atomic E-state index is 13.3. The summed E-state index contributed by atoms with van der Waals surface area (Å²) in [6, 6.07) is 3.05. The molecule has 0 aliphatic heterocycles. The molecule has 0 aliphatic carbocycles. The summed E-state index contributed by atoms with van der Waals surface area (Å²) in [5, 5.41) is 11.4. The van der Waals surface area contributed by atoms with Crippen molar-refractivity contribution in [2.24, 2.45) is 5.41 Å². The van der Waals surface area contributed by atoms with E-state index in [-0.39, 0.29) is 23.2 Å². The Kier molecular flexibility index (Phi) is 4.93. The zero-order valence-corrected chi connectivity index (χ0v) is 12.9. The van der Waals surface area contributed by atoms with Crippen LogP contribution in [0.5, 0.6) is 0 Å². The van der Waals surface area contributed by atoms with Gasteiger partial charge in [0.05, 0.1) is 5.56 Å². The highest BCUT2D eigenvalue weighted by atomic mass is 19.1. The number of carbonyl (C=O) groups excluding carboxylic acids is 1. The number of amides is 2. The molecule has 0 spiro atoms. The van der Waals surface area contributed by atoms with Gasteiger partial charge in [0.15, 0.2) is 0 Å². The van der Waals surface area contributed by atoms with Crippen LogP contribution >= 0.6 is 0 Å². The lowest BCUT2D eigenvalue weighted by Crippen LogP contribution is -2.44. The van der Waals surface area contributed by atoms with E-state index in [9.17, 15) is 14.0 Å². The summed E-state index contributed by atoms with van der Waals surface area (Å²) >= 11 is 0. The van der Waals surface area contributed by atoms with E-state index in [1.54, 1.807) is 7.05 Å². The average Bonchev–Trinajstić information content (AvgIpc) is 2.37. The van der Waals surface area contributed by atoms with Crippen molar-refractivity contribution in [2.75, 3.05) is 12.4 Å². The first-order valence-corrected chi connectivity index (χ1v) is 6.60. The highest BCUT2D eigenvalue weighted by Crippen LogP contribution is 2.24. The molecule has 5 nitrogen and oxygen atoms in total. The van der Waals surface area contributed by atoms with E-state index in [0.29, 0.717) is 0 Å². The van der Waals surface area contributed by atoms with Crippen LogP contribution in [0.1, 0.15) is 38.1 Å². The minimum atomic E-state index is -1.37. The van der Waals surface area contributed by atoms with Crippen LogP contribution in [-0.4, -0.2) is 35.1 Å². The summed E-state index contributed by atoms with van der Waals surface area (Å²) in [4.78, 5) is 24.5. The van der Waals surface area contributed by atoms with Crippen molar-refractivity contribution in [3.63, 3.8) is 0 Å². The van der Waals surface area contributed by atoms with Crippen LogP contribution < -0.4 is 5.32 Å². The molecular weight excluding hydrogens is 275 g/mol. The van der Waals surface area contributed by atoms with Gasteiger partial charge in [0.25, 0.3) is 0 Å². The number of nitrogens with zero attached hydrogens (tertiary/aromatic N) is 1. The summed E-state index contributed by atoms with van der Waals surface area (Å²) in [7, 11) is 1.66. The molecule has 0 saturated heterocycles. The molecule has 1 aromatic carbocycles. The molecule has 0 aromatic heterocycles. The van der Waals surface area contributed by atoms with Gasteiger partial charge >= 0.3 is 12.0 Å². The highest BCUT2D eigenvalue weighted by molar-refractivity contribution is 5.93. The second-order valence-electron chi connectivity index (χ2n) is 6.08. The molecule has 0 fully saturated rings. The molecule has 1 rings (SSSR count). The van der Waals surface area contributed by atoms with E-state index in [0.717, 1.165) is 12.1 Å². The number of carboxylic acid groups (broad SMARTS) is 1. The lowest BCUT2D eigenvalue weighted by molar-refractivity contribution is 0.0692. The van der Waals surface area contributed by atoms with Crippen LogP contribution in [0.3, 0.4) is 0 Å². The van der Waals surface area contributed by atoms with E-state index in [2.05, 4.69) is 5.32 Å². The maximum absolute atomic E-state index is 13.3. The number of rotatable bonds is 3. The van der Waals surface area contributed by atoms with Gasteiger partial charge in [-0.1, -0.05) is 20.8 Å². The first-order chi connectivity index (χ1) is 9.54. The van der Waals surface area contributed by atoms with Crippen molar-refractivity contribution >= 4 is 17.7 Å². The molecule has 1 atom stereocenters. The number of nitrogens with one attached hydrogen (secondary N) is 1. The van der Waals surface area contributed by atoms with Crippen LogP contribution in [0.25, 0.3) is 0 Å². The van der Waals surface area contributed by atoms with Gasteiger partial charge in [-0.25, -0.2) is 14.0 Å². The Labute approximate surface area is 123 Å². The molecule has 0 radical (unpaired) electrons. The fraction of sp³-hybridized carbons (Fsp3) is 0.467. The molecule has 116 valence electrons. The summed E-state index contributed by atoms with van der Waals surface area (Å²) in [6.45, 7) is 7.97. The Balaban J connectivity index is 2.89. The van der Waals surface area contributed by atoms with Gasteiger partial charge in [-0.2, -0.15) is 0 Å². The van der Waals surface area contributed by atoms with Crippen LogP contribution in [0.2, 0.25) is 0 Å². The molecule has 2 amide bonds. The molecule has 0 saturated carbocycles. The molecule has 0 aliphatic rings. The quantitative estimate of drug-likeness (QED) is 0.898. The average molecular weight is 296 g/mol. The fourth-order valence-corrected chi connectivity index (χ4v) is 1.74. The molecule has 6 heteroatoms. The van der Waals surface area contributed by atoms with Gasteiger partial charge in [0.2, 0.25) is 0 Å². The predicted octanol–water partition coefficient (Wildman–Crippen LogP) is 3.42. The third-order valence-corrected chi connectivity index (χ3v) is 3.60. The van der Waals surface area contributed by atoms with Gasteiger partial charge in [0.1, 0.15) is 5.82 Å². The van der Waals surface area contributed by atoms with Crippen LogP contribution in [0.4, 0.5) is 14.9 Å². The molecule has 2 N–H and O–H groups in total. The SMILES string of the molecule is CC(N(C)C(=O)Nc1ccc(F)c(C(=O)O)c1)C(C)(C)C. The normalized spacial score (nSPS) is 12.7. The van der Waals surface area contributed by atoms with Gasteiger partial charge in [-0.15, -0.1) is 0 Å². The molecule has 1 aromatic rings. The molecule has 21 heavy (non-hydrogen) atoms. The van der Waals surface area contributed by atoms with E-state index in [1.165, 1.54) is 11.0 Å². The van der Waals surface area contributed by atoms with Crippen molar-refractivity contribution in [1.29, 1.82) is 0 Å². The lowest BCUT2D eigenvalue weighted by Gasteiger charge is -2.35. The van der Waals surface area contributed by atoms with E-state index in [1.807, 2.05) is 27.7 Å². The first-order valence-electron chi connectivity index (χ1n) is 6.60. The number of hydrogen-bond acceptors (Lipinski definition) is 2. The minimum absolute atomic E-state index is 0.0307. The molecule has 1 unspecified atom stereocenters. The summed E-state index contributed by atoms with van der Waals surface area (Å²) in [5.41, 5.74) is -0.327. The van der Waals surface area contributed by atoms with E-state index < -0.39 is 17.3 Å². The van der Waals surface area contributed by atoms with Gasteiger partial charge in [0, 0.05) is 18.8 Å². The molecule has 0 bridgehead atoms. The Hall–Kier alpha value is -2.11. The number of benzene rings is 1. The largest absolute Gasteiger partial charge is 0.478 e. The maximum Gasteiger partial charge on any atom is 0.338 e. The summed E-state index contributed by atoms with van der Waals surface area (Å²) < 4.78 is 13.3. The van der Waals surface area contributed by atoms with Crippen molar-refractivity contribution in [3.8, 4) is 0 Å². The van der Waals surface area contributed by atoms with Crippen LogP contribution in [0.15, 0.2) is 18.2 Å². The smallest absolute Gasteiger partial charge is 0.338 e.